The van der Waals surface area contributed by atoms with E-state index in [1.807, 2.05) is 12.1 Å². The largest absolute Gasteiger partial charge is 0.398 e. The van der Waals surface area contributed by atoms with Crippen LogP contribution in [0.2, 0.25) is 0 Å². The lowest BCUT2D eigenvalue weighted by molar-refractivity contribution is 0.285. The molecule has 8 heteroatoms. The van der Waals surface area contributed by atoms with Crippen LogP contribution in [-0.2, 0) is 13.2 Å². The smallest absolute Gasteiger partial charge is 0.261 e. The first kappa shape index (κ1) is 18.8. The number of aromatic nitrogens is 3. The Kier molecular flexibility index (Phi) is 4.84. The van der Waals surface area contributed by atoms with E-state index in [1.54, 1.807) is 42.0 Å². The van der Waals surface area contributed by atoms with E-state index < -0.39 is 0 Å². The molecule has 2 aromatic heterocycles. The predicted octanol–water partition coefficient (Wildman–Crippen LogP) is 2.82. The number of anilines is 1. The SMILES string of the molecule is Cc1nc2cc(-c3ncc(CO)s3)c(N)cc2c(=O)n1Cc1ccc(C#N)cc1. The van der Waals surface area contributed by atoms with Gasteiger partial charge in [0.25, 0.3) is 5.56 Å². The molecule has 0 aliphatic rings. The van der Waals surface area contributed by atoms with Gasteiger partial charge in [-0.1, -0.05) is 12.1 Å². The van der Waals surface area contributed by atoms with Crippen molar-refractivity contribution in [1.82, 2.24) is 14.5 Å². The predicted molar refractivity (Wildman–Crippen MR) is 112 cm³/mol. The Morgan fingerprint density at radius 2 is 2.03 bits per heavy atom. The van der Waals surface area contributed by atoms with Gasteiger partial charge >= 0.3 is 0 Å². The van der Waals surface area contributed by atoms with Crippen molar-refractivity contribution in [2.24, 2.45) is 0 Å². The van der Waals surface area contributed by atoms with Crippen LogP contribution in [0, 0.1) is 18.3 Å². The molecule has 2 heterocycles. The van der Waals surface area contributed by atoms with Gasteiger partial charge in [0, 0.05) is 17.4 Å². The molecule has 0 radical (unpaired) electrons. The van der Waals surface area contributed by atoms with Gasteiger partial charge < -0.3 is 10.8 Å². The van der Waals surface area contributed by atoms with Crippen molar-refractivity contribution in [2.75, 3.05) is 5.73 Å². The second-order valence-electron chi connectivity index (χ2n) is 6.61. The average molecular weight is 403 g/mol. The van der Waals surface area contributed by atoms with Crippen LogP contribution in [0.4, 0.5) is 5.69 Å². The molecule has 0 aliphatic heterocycles. The zero-order valence-electron chi connectivity index (χ0n) is 15.6. The summed E-state index contributed by atoms with van der Waals surface area (Å²) in [6.45, 7) is 2.06. The first-order valence-corrected chi connectivity index (χ1v) is 9.67. The van der Waals surface area contributed by atoms with E-state index in [1.165, 1.54) is 11.3 Å². The van der Waals surface area contributed by atoms with E-state index in [2.05, 4.69) is 16.0 Å². The van der Waals surface area contributed by atoms with Gasteiger partial charge in [0.05, 0.1) is 40.6 Å². The number of hydrogen-bond donors (Lipinski definition) is 2. The number of hydrogen-bond acceptors (Lipinski definition) is 7. The van der Waals surface area contributed by atoms with Crippen LogP contribution in [0.1, 0.15) is 21.8 Å². The maximum atomic E-state index is 13.1. The molecule has 3 N–H and O–H groups in total. The molecule has 0 atom stereocenters. The molecule has 0 spiro atoms. The maximum absolute atomic E-state index is 13.1. The quantitative estimate of drug-likeness (QED) is 0.506. The molecule has 0 amide bonds. The Balaban J connectivity index is 1.79. The number of aliphatic hydroxyl groups excluding tert-OH is 1. The van der Waals surface area contributed by atoms with Crippen molar-refractivity contribution < 1.29 is 5.11 Å². The van der Waals surface area contributed by atoms with Gasteiger partial charge in [0.1, 0.15) is 10.8 Å². The third-order valence-electron chi connectivity index (χ3n) is 4.68. The zero-order valence-corrected chi connectivity index (χ0v) is 16.4. The summed E-state index contributed by atoms with van der Waals surface area (Å²) in [5.74, 6) is 0.581. The highest BCUT2D eigenvalue weighted by Crippen LogP contribution is 2.32. The van der Waals surface area contributed by atoms with Crippen LogP contribution in [0.3, 0.4) is 0 Å². The number of nitriles is 1. The van der Waals surface area contributed by atoms with Crippen molar-refractivity contribution in [3.8, 4) is 16.6 Å². The lowest BCUT2D eigenvalue weighted by Gasteiger charge is -2.12. The van der Waals surface area contributed by atoms with E-state index in [-0.39, 0.29) is 12.2 Å². The van der Waals surface area contributed by atoms with Gasteiger partial charge in [-0.05, 0) is 36.8 Å². The molecule has 0 saturated heterocycles. The molecule has 2 aromatic carbocycles. The second-order valence-corrected chi connectivity index (χ2v) is 7.72. The monoisotopic (exact) mass is 403 g/mol. The number of aliphatic hydroxyl groups is 1. The van der Waals surface area contributed by atoms with E-state index in [0.717, 1.165) is 10.4 Å². The van der Waals surface area contributed by atoms with E-state index >= 15 is 0 Å². The summed E-state index contributed by atoms with van der Waals surface area (Å²) in [5, 5.41) is 19.3. The number of nitrogen functional groups attached to an aromatic ring is 1. The fraction of sp³-hybridized carbons (Fsp3) is 0.143. The van der Waals surface area contributed by atoms with Crippen LogP contribution in [0.5, 0.6) is 0 Å². The molecule has 0 unspecified atom stereocenters. The highest BCUT2D eigenvalue weighted by molar-refractivity contribution is 7.15. The molecule has 0 saturated carbocycles. The molecule has 4 aromatic rings. The Labute approximate surface area is 170 Å². The molecule has 7 nitrogen and oxygen atoms in total. The molecule has 0 bridgehead atoms. The van der Waals surface area contributed by atoms with Gasteiger partial charge in [-0.2, -0.15) is 5.26 Å². The first-order chi connectivity index (χ1) is 14.0. The molecular formula is C21H17N5O2S. The Hall–Kier alpha value is -3.54. The molecule has 4 rings (SSSR count). The standard InChI is InChI=1S/C21H17N5O2S/c1-12-25-19-7-16(20-24-9-15(11-27)29-20)18(23)6-17(19)21(28)26(12)10-14-4-2-13(8-22)3-5-14/h2-7,9,27H,10-11,23H2,1H3. The number of nitrogens with two attached hydrogens (primary N) is 1. The number of nitrogens with zero attached hydrogens (tertiary/aromatic N) is 4. The Morgan fingerprint density at radius 3 is 2.69 bits per heavy atom. The van der Waals surface area contributed by atoms with Crippen LogP contribution >= 0.6 is 11.3 Å². The fourth-order valence-corrected chi connectivity index (χ4v) is 3.95. The van der Waals surface area contributed by atoms with Gasteiger partial charge in [-0.3, -0.25) is 9.36 Å². The fourth-order valence-electron chi connectivity index (χ4n) is 3.14. The van der Waals surface area contributed by atoms with Crippen molar-refractivity contribution in [2.45, 2.75) is 20.1 Å². The van der Waals surface area contributed by atoms with Crippen LogP contribution in [0.25, 0.3) is 21.5 Å². The van der Waals surface area contributed by atoms with E-state index in [0.29, 0.717) is 45.1 Å². The normalized spacial score (nSPS) is 10.9. The van der Waals surface area contributed by atoms with Gasteiger partial charge in [-0.25, -0.2) is 9.97 Å². The number of benzene rings is 2. The minimum atomic E-state index is -0.176. The highest BCUT2D eigenvalue weighted by atomic mass is 32.1. The topological polar surface area (TPSA) is 118 Å². The summed E-state index contributed by atoms with van der Waals surface area (Å²) in [6, 6.07) is 12.6. The summed E-state index contributed by atoms with van der Waals surface area (Å²) >= 11 is 1.35. The third-order valence-corrected chi connectivity index (χ3v) is 5.70. The van der Waals surface area contributed by atoms with Crippen molar-refractivity contribution in [3.63, 3.8) is 0 Å². The van der Waals surface area contributed by atoms with E-state index in [4.69, 9.17) is 11.0 Å². The number of fused-ring (bicyclic) bond motifs is 1. The van der Waals surface area contributed by atoms with Crippen molar-refractivity contribution in [1.29, 1.82) is 5.26 Å². The summed E-state index contributed by atoms with van der Waals surface area (Å²) in [7, 11) is 0. The molecule has 144 valence electrons. The first-order valence-electron chi connectivity index (χ1n) is 8.86. The molecular weight excluding hydrogens is 386 g/mol. The summed E-state index contributed by atoms with van der Waals surface area (Å²) in [6.07, 6.45) is 1.61. The van der Waals surface area contributed by atoms with Crippen molar-refractivity contribution >= 4 is 27.9 Å². The third kappa shape index (κ3) is 3.49. The van der Waals surface area contributed by atoms with Crippen LogP contribution < -0.4 is 11.3 Å². The van der Waals surface area contributed by atoms with Crippen molar-refractivity contribution in [3.05, 3.63) is 74.8 Å². The summed E-state index contributed by atoms with van der Waals surface area (Å²) in [4.78, 5) is 22.7. The number of rotatable bonds is 4. The molecule has 0 aliphatic carbocycles. The molecule has 29 heavy (non-hydrogen) atoms. The highest BCUT2D eigenvalue weighted by Gasteiger charge is 2.14. The zero-order chi connectivity index (χ0) is 20.5. The van der Waals surface area contributed by atoms with Crippen LogP contribution in [0.15, 0.2) is 47.4 Å². The minimum Gasteiger partial charge on any atom is -0.398 e. The average Bonchev–Trinajstić information content (AvgIpc) is 3.21. The Morgan fingerprint density at radius 1 is 1.28 bits per heavy atom. The van der Waals surface area contributed by atoms with Gasteiger partial charge in [-0.15, -0.1) is 11.3 Å². The second kappa shape index (κ2) is 7.47. The molecule has 0 fully saturated rings. The number of aryl methyl sites for hydroxylation is 1. The van der Waals surface area contributed by atoms with Gasteiger partial charge in [0.2, 0.25) is 0 Å². The minimum absolute atomic E-state index is 0.0808. The summed E-state index contributed by atoms with van der Waals surface area (Å²) in [5.41, 5.74) is 9.18. The lowest BCUT2D eigenvalue weighted by atomic mass is 10.1. The number of thiazole rings is 1. The Bertz CT molecular complexity index is 1320. The maximum Gasteiger partial charge on any atom is 0.261 e. The van der Waals surface area contributed by atoms with Crippen LogP contribution in [-0.4, -0.2) is 19.6 Å². The van der Waals surface area contributed by atoms with E-state index in [9.17, 15) is 9.90 Å². The summed E-state index contributed by atoms with van der Waals surface area (Å²) < 4.78 is 1.59. The van der Waals surface area contributed by atoms with Gasteiger partial charge in [0.15, 0.2) is 0 Å². The lowest BCUT2D eigenvalue weighted by Crippen LogP contribution is -2.24.